The van der Waals surface area contributed by atoms with Gasteiger partial charge in [0.2, 0.25) is 0 Å². The smallest absolute Gasteiger partial charge is 0.0732 e. The molecule has 0 aliphatic heterocycles. The highest BCUT2D eigenvalue weighted by Gasteiger charge is 2.19. The van der Waals surface area contributed by atoms with Crippen LogP contribution in [0, 0.1) is 20.8 Å². The highest BCUT2D eigenvalue weighted by atomic mass is 35.5. The Morgan fingerprint density at radius 1 is 1.18 bits per heavy atom. The molecule has 2 atom stereocenters. The summed E-state index contributed by atoms with van der Waals surface area (Å²) in [5.41, 5.74) is 10.8. The molecule has 1 rings (SSSR count). The van der Waals surface area contributed by atoms with Crippen LogP contribution in [-0.2, 0) is 0 Å². The average Bonchev–Trinajstić information content (AvgIpc) is 2.16. The lowest BCUT2D eigenvalue weighted by Crippen LogP contribution is -2.27. The van der Waals surface area contributed by atoms with Gasteiger partial charge in [-0.15, -0.1) is 12.4 Å². The molecule has 1 aromatic rings. The Hall–Kier alpha value is -0.570. The average molecular weight is 258 g/mol. The third-order valence-corrected chi connectivity index (χ3v) is 3.07. The summed E-state index contributed by atoms with van der Waals surface area (Å²) in [4.78, 5) is 0. The van der Waals surface area contributed by atoms with Crippen LogP contribution in [-0.4, -0.2) is 11.2 Å². The van der Waals surface area contributed by atoms with Crippen molar-refractivity contribution in [3.8, 4) is 0 Å². The van der Waals surface area contributed by atoms with E-state index in [1.165, 1.54) is 16.7 Å². The summed E-state index contributed by atoms with van der Waals surface area (Å²) in [6.07, 6.45) is 1.28. The number of aliphatic hydroxyl groups excluding tert-OH is 1. The Bertz CT molecular complexity index is 342. The van der Waals surface area contributed by atoms with E-state index < -0.39 is 6.10 Å². The number of halogens is 1. The Morgan fingerprint density at radius 2 is 1.65 bits per heavy atom. The maximum Gasteiger partial charge on any atom is 0.0732 e. The first kappa shape index (κ1) is 16.4. The minimum Gasteiger partial charge on any atom is -0.391 e. The molecular weight excluding hydrogens is 234 g/mol. The molecule has 0 fully saturated rings. The zero-order valence-corrected chi connectivity index (χ0v) is 12.0. The Kier molecular flexibility index (Phi) is 6.76. The van der Waals surface area contributed by atoms with Gasteiger partial charge in [-0.25, -0.2) is 0 Å². The van der Waals surface area contributed by atoms with Gasteiger partial charge in [0.15, 0.2) is 0 Å². The van der Waals surface area contributed by atoms with E-state index in [0.29, 0.717) is 0 Å². The van der Waals surface area contributed by atoms with E-state index >= 15 is 0 Å². The van der Waals surface area contributed by atoms with Crippen LogP contribution in [0.15, 0.2) is 12.1 Å². The van der Waals surface area contributed by atoms with Gasteiger partial charge in [0.1, 0.15) is 0 Å². The van der Waals surface area contributed by atoms with Crippen molar-refractivity contribution < 1.29 is 5.11 Å². The molecule has 0 aliphatic carbocycles. The fourth-order valence-electron chi connectivity index (χ4n) is 2.38. The summed E-state index contributed by atoms with van der Waals surface area (Å²) < 4.78 is 0. The number of hydrogen-bond acceptors (Lipinski definition) is 2. The van der Waals surface area contributed by atoms with Crippen molar-refractivity contribution in [1.82, 2.24) is 0 Å². The van der Waals surface area contributed by atoms with Gasteiger partial charge in [-0.2, -0.15) is 0 Å². The number of aryl methyl sites for hydroxylation is 3. The number of rotatable bonds is 4. The van der Waals surface area contributed by atoms with Crippen molar-refractivity contribution in [2.75, 3.05) is 0 Å². The van der Waals surface area contributed by atoms with E-state index in [-0.39, 0.29) is 18.4 Å². The van der Waals surface area contributed by atoms with Crippen molar-refractivity contribution >= 4 is 12.4 Å². The van der Waals surface area contributed by atoms with Crippen LogP contribution < -0.4 is 5.73 Å². The van der Waals surface area contributed by atoms with Crippen molar-refractivity contribution in [2.45, 2.75) is 52.7 Å². The summed E-state index contributed by atoms with van der Waals surface area (Å²) in [7, 11) is 0. The van der Waals surface area contributed by atoms with Crippen molar-refractivity contribution in [3.63, 3.8) is 0 Å². The third kappa shape index (κ3) is 3.98. The maximum atomic E-state index is 9.96. The summed E-state index contributed by atoms with van der Waals surface area (Å²) in [5.74, 6) is 0. The molecule has 0 heterocycles. The Labute approximate surface area is 111 Å². The second-order valence-electron chi connectivity index (χ2n) is 4.69. The first-order valence-electron chi connectivity index (χ1n) is 5.98. The van der Waals surface area contributed by atoms with Crippen molar-refractivity contribution in [2.24, 2.45) is 5.73 Å². The standard InChI is InChI=1S/C14H23NO.ClH/c1-5-6-12(16)14(15)13-10(3)7-9(2)8-11(13)4;/h7-8,12,14,16H,5-6,15H2,1-4H3;1H/t12-,14-;/m0./s1. The quantitative estimate of drug-likeness (QED) is 0.870. The molecule has 0 aliphatic rings. The zero-order chi connectivity index (χ0) is 12.3. The summed E-state index contributed by atoms with van der Waals surface area (Å²) in [6, 6.07) is 3.99. The molecule has 0 saturated heterocycles. The molecule has 3 N–H and O–H groups in total. The van der Waals surface area contributed by atoms with Gasteiger partial charge in [0.05, 0.1) is 12.1 Å². The summed E-state index contributed by atoms with van der Waals surface area (Å²) in [6.45, 7) is 8.27. The van der Waals surface area contributed by atoms with E-state index in [1.807, 2.05) is 0 Å². The van der Waals surface area contributed by atoms with Gasteiger partial charge in [-0.05, 0) is 43.9 Å². The zero-order valence-electron chi connectivity index (χ0n) is 11.2. The van der Waals surface area contributed by atoms with Crippen LogP contribution in [0.1, 0.15) is 48.1 Å². The molecule has 0 aromatic heterocycles. The molecular formula is C14H24ClNO. The number of aliphatic hydroxyl groups is 1. The number of benzene rings is 1. The predicted molar refractivity (Wildman–Crippen MR) is 75.7 cm³/mol. The fraction of sp³-hybridized carbons (Fsp3) is 0.571. The van der Waals surface area contributed by atoms with Gasteiger partial charge in [-0.3, -0.25) is 0 Å². The maximum absolute atomic E-state index is 9.96. The van der Waals surface area contributed by atoms with Crippen LogP contribution in [0.5, 0.6) is 0 Å². The van der Waals surface area contributed by atoms with Crippen LogP contribution >= 0.6 is 12.4 Å². The normalized spacial score (nSPS) is 14.0. The Balaban J connectivity index is 0.00000256. The van der Waals surface area contributed by atoms with Crippen LogP contribution in [0.3, 0.4) is 0 Å². The Morgan fingerprint density at radius 3 is 2.06 bits per heavy atom. The van der Waals surface area contributed by atoms with Crippen molar-refractivity contribution in [1.29, 1.82) is 0 Å². The van der Waals surface area contributed by atoms with E-state index in [2.05, 4.69) is 39.8 Å². The minimum absolute atomic E-state index is 0. The molecule has 17 heavy (non-hydrogen) atoms. The highest BCUT2D eigenvalue weighted by molar-refractivity contribution is 5.85. The van der Waals surface area contributed by atoms with Gasteiger partial charge in [0.25, 0.3) is 0 Å². The van der Waals surface area contributed by atoms with Gasteiger partial charge >= 0.3 is 0 Å². The molecule has 2 nitrogen and oxygen atoms in total. The first-order valence-corrected chi connectivity index (χ1v) is 5.98. The lowest BCUT2D eigenvalue weighted by molar-refractivity contribution is 0.134. The molecule has 0 spiro atoms. The van der Waals surface area contributed by atoms with Gasteiger partial charge < -0.3 is 10.8 Å². The lowest BCUT2D eigenvalue weighted by Gasteiger charge is -2.23. The van der Waals surface area contributed by atoms with Crippen LogP contribution in [0.25, 0.3) is 0 Å². The van der Waals surface area contributed by atoms with Crippen molar-refractivity contribution in [3.05, 3.63) is 34.4 Å². The molecule has 0 amide bonds. The lowest BCUT2D eigenvalue weighted by atomic mass is 9.90. The SMILES string of the molecule is CCC[C@H](O)[C@H](N)c1c(C)cc(C)cc1C.Cl. The predicted octanol–water partition coefficient (Wildman–Crippen LogP) is 3.19. The summed E-state index contributed by atoms with van der Waals surface area (Å²) >= 11 is 0. The largest absolute Gasteiger partial charge is 0.391 e. The topological polar surface area (TPSA) is 46.2 Å². The monoisotopic (exact) mass is 257 g/mol. The van der Waals surface area contributed by atoms with E-state index in [1.54, 1.807) is 0 Å². The molecule has 98 valence electrons. The molecule has 0 saturated carbocycles. The summed E-state index contributed by atoms with van der Waals surface area (Å²) in [5, 5.41) is 9.96. The van der Waals surface area contributed by atoms with E-state index in [9.17, 15) is 5.11 Å². The van der Waals surface area contributed by atoms with E-state index in [0.717, 1.165) is 18.4 Å². The second kappa shape index (κ2) is 7.00. The molecule has 0 bridgehead atoms. The number of hydrogen-bond donors (Lipinski definition) is 2. The van der Waals surface area contributed by atoms with Gasteiger partial charge in [-0.1, -0.05) is 31.0 Å². The molecule has 3 heteroatoms. The molecule has 1 aromatic carbocycles. The minimum atomic E-state index is -0.440. The third-order valence-electron chi connectivity index (χ3n) is 3.07. The van der Waals surface area contributed by atoms with Crippen LogP contribution in [0.4, 0.5) is 0 Å². The first-order chi connectivity index (χ1) is 7.47. The number of nitrogens with two attached hydrogens (primary N) is 1. The fourth-order valence-corrected chi connectivity index (χ4v) is 2.38. The highest BCUT2D eigenvalue weighted by Crippen LogP contribution is 2.25. The van der Waals surface area contributed by atoms with Gasteiger partial charge in [0, 0.05) is 0 Å². The molecule has 0 radical (unpaired) electrons. The second-order valence-corrected chi connectivity index (χ2v) is 4.69. The van der Waals surface area contributed by atoms with Crippen LogP contribution in [0.2, 0.25) is 0 Å². The van der Waals surface area contributed by atoms with E-state index in [4.69, 9.17) is 5.73 Å². The molecule has 0 unspecified atom stereocenters.